The number of methoxy groups -OCH3 is 2. The molecular formula is C19H21N3O3. The van der Waals surface area contributed by atoms with Crippen LogP contribution in [0.2, 0.25) is 0 Å². The van der Waals surface area contributed by atoms with Crippen molar-refractivity contribution in [3.8, 4) is 22.9 Å². The van der Waals surface area contributed by atoms with Gasteiger partial charge in [-0.3, -0.25) is 4.98 Å². The van der Waals surface area contributed by atoms with Crippen molar-refractivity contribution >= 4 is 10.9 Å². The summed E-state index contributed by atoms with van der Waals surface area (Å²) in [5, 5.41) is 0.841. The van der Waals surface area contributed by atoms with E-state index in [9.17, 15) is 0 Å². The number of aryl methyl sites for hydroxylation is 2. The van der Waals surface area contributed by atoms with Gasteiger partial charge in [0.25, 0.3) is 0 Å². The molecule has 0 unspecified atom stereocenters. The summed E-state index contributed by atoms with van der Waals surface area (Å²) >= 11 is 0. The molecule has 0 fully saturated rings. The highest BCUT2D eigenvalue weighted by atomic mass is 16.5. The summed E-state index contributed by atoms with van der Waals surface area (Å²) in [6.45, 7) is 4.90. The molecule has 0 N–H and O–H groups in total. The van der Waals surface area contributed by atoms with E-state index in [0.29, 0.717) is 30.5 Å². The number of aromatic nitrogens is 3. The fourth-order valence-electron chi connectivity index (χ4n) is 2.68. The Kier molecular flexibility index (Phi) is 5.09. The van der Waals surface area contributed by atoms with Crippen molar-refractivity contribution in [2.45, 2.75) is 13.8 Å². The van der Waals surface area contributed by atoms with Gasteiger partial charge in [0, 0.05) is 42.4 Å². The molecule has 0 aliphatic heterocycles. The Morgan fingerprint density at radius 1 is 0.920 bits per heavy atom. The van der Waals surface area contributed by atoms with Gasteiger partial charge in [-0.25, -0.2) is 9.97 Å². The predicted octanol–water partition coefficient (Wildman–Crippen LogP) is 3.34. The number of ether oxygens (including phenoxy) is 3. The minimum Gasteiger partial charge on any atom is -0.496 e. The Balaban J connectivity index is 2.05. The van der Waals surface area contributed by atoms with E-state index in [-0.39, 0.29) is 0 Å². The number of fused-ring (bicyclic) bond motifs is 1. The topological polar surface area (TPSA) is 66.4 Å². The molecule has 0 atom stereocenters. The highest BCUT2D eigenvalue weighted by Gasteiger charge is 2.11. The molecule has 3 rings (SSSR count). The van der Waals surface area contributed by atoms with E-state index in [0.717, 1.165) is 27.9 Å². The van der Waals surface area contributed by atoms with Gasteiger partial charge in [-0.1, -0.05) is 0 Å². The molecule has 6 heteroatoms. The van der Waals surface area contributed by atoms with E-state index >= 15 is 0 Å². The molecule has 0 saturated carbocycles. The zero-order chi connectivity index (χ0) is 17.8. The molecule has 2 aromatic heterocycles. The maximum atomic E-state index is 5.71. The second-order valence-electron chi connectivity index (χ2n) is 5.73. The van der Waals surface area contributed by atoms with Crippen molar-refractivity contribution in [3.05, 3.63) is 41.9 Å². The van der Waals surface area contributed by atoms with Crippen LogP contribution in [0.25, 0.3) is 22.3 Å². The van der Waals surface area contributed by atoms with Crippen LogP contribution in [0, 0.1) is 13.8 Å². The van der Waals surface area contributed by atoms with E-state index in [2.05, 4.69) is 9.97 Å². The molecule has 0 spiro atoms. The van der Waals surface area contributed by atoms with E-state index in [4.69, 9.17) is 19.2 Å². The van der Waals surface area contributed by atoms with Crippen LogP contribution >= 0.6 is 0 Å². The largest absolute Gasteiger partial charge is 0.496 e. The fraction of sp³-hybridized carbons (Fsp3) is 0.316. The first-order valence-corrected chi connectivity index (χ1v) is 8.03. The number of hydrogen-bond donors (Lipinski definition) is 0. The lowest BCUT2D eigenvalue weighted by atomic mass is 10.1. The summed E-state index contributed by atoms with van der Waals surface area (Å²) in [5.74, 6) is 2.02. The van der Waals surface area contributed by atoms with Crippen molar-refractivity contribution in [2.24, 2.45) is 0 Å². The van der Waals surface area contributed by atoms with E-state index < -0.39 is 0 Å². The van der Waals surface area contributed by atoms with Crippen LogP contribution in [0.1, 0.15) is 11.4 Å². The summed E-state index contributed by atoms with van der Waals surface area (Å²) in [6, 6.07) is 7.68. The quantitative estimate of drug-likeness (QED) is 0.642. The molecular weight excluding hydrogens is 318 g/mol. The van der Waals surface area contributed by atoms with Gasteiger partial charge in [0.1, 0.15) is 18.1 Å². The molecule has 0 radical (unpaired) electrons. The first-order chi connectivity index (χ1) is 12.1. The lowest BCUT2D eigenvalue weighted by molar-refractivity contribution is 0.146. The molecule has 0 bridgehead atoms. The molecule has 6 nitrogen and oxygen atoms in total. The van der Waals surface area contributed by atoms with Gasteiger partial charge < -0.3 is 14.2 Å². The number of rotatable bonds is 6. The maximum absolute atomic E-state index is 5.71. The first kappa shape index (κ1) is 17.1. The second kappa shape index (κ2) is 7.44. The number of hydrogen-bond acceptors (Lipinski definition) is 6. The molecule has 1 aromatic carbocycles. The van der Waals surface area contributed by atoms with Crippen molar-refractivity contribution in [3.63, 3.8) is 0 Å². The second-order valence-corrected chi connectivity index (χ2v) is 5.73. The number of nitrogens with zero attached hydrogens (tertiary/aromatic N) is 3. The van der Waals surface area contributed by atoms with Gasteiger partial charge in [-0.05, 0) is 26.0 Å². The normalized spacial score (nSPS) is 10.9. The van der Waals surface area contributed by atoms with Crippen molar-refractivity contribution in [1.29, 1.82) is 0 Å². The average molecular weight is 339 g/mol. The third kappa shape index (κ3) is 3.85. The van der Waals surface area contributed by atoms with Gasteiger partial charge >= 0.3 is 0 Å². The summed E-state index contributed by atoms with van der Waals surface area (Å²) in [7, 11) is 3.26. The monoisotopic (exact) mass is 339 g/mol. The van der Waals surface area contributed by atoms with Crippen molar-refractivity contribution < 1.29 is 14.2 Å². The van der Waals surface area contributed by atoms with Gasteiger partial charge in [0.15, 0.2) is 5.82 Å². The number of pyridine rings is 1. The van der Waals surface area contributed by atoms with Gasteiger partial charge in [0.05, 0.1) is 24.6 Å². The smallest absolute Gasteiger partial charge is 0.159 e. The van der Waals surface area contributed by atoms with Crippen LogP contribution in [0.5, 0.6) is 11.5 Å². The van der Waals surface area contributed by atoms with Gasteiger partial charge in [-0.15, -0.1) is 0 Å². The minimum atomic E-state index is 0.464. The van der Waals surface area contributed by atoms with Crippen molar-refractivity contribution in [2.75, 3.05) is 27.4 Å². The molecule has 3 aromatic rings. The van der Waals surface area contributed by atoms with Gasteiger partial charge in [-0.2, -0.15) is 0 Å². The van der Waals surface area contributed by atoms with E-state index in [1.807, 2.05) is 38.1 Å². The van der Waals surface area contributed by atoms with Gasteiger partial charge in [0.2, 0.25) is 0 Å². The molecule has 2 heterocycles. The summed E-state index contributed by atoms with van der Waals surface area (Å²) in [6.07, 6.45) is 1.78. The maximum Gasteiger partial charge on any atom is 0.159 e. The molecule has 0 amide bonds. The Morgan fingerprint density at radius 2 is 1.68 bits per heavy atom. The fourth-order valence-corrected chi connectivity index (χ4v) is 2.68. The molecule has 0 saturated heterocycles. The molecule has 0 aliphatic carbocycles. The molecule has 25 heavy (non-hydrogen) atoms. The van der Waals surface area contributed by atoms with Crippen molar-refractivity contribution in [1.82, 2.24) is 15.0 Å². The summed E-state index contributed by atoms with van der Waals surface area (Å²) < 4.78 is 16.2. The third-order valence-corrected chi connectivity index (χ3v) is 3.75. The summed E-state index contributed by atoms with van der Waals surface area (Å²) in [5.41, 5.74) is 3.58. The van der Waals surface area contributed by atoms with Crippen LogP contribution in [-0.2, 0) is 4.74 Å². The lowest BCUT2D eigenvalue weighted by Gasteiger charge is -2.11. The Hall–Kier alpha value is -2.73. The predicted molar refractivity (Wildman–Crippen MR) is 96.2 cm³/mol. The first-order valence-electron chi connectivity index (χ1n) is 8.03. The van der Waals surface area contributed by atoms with E-state index in [1.165, 1.54) is 0 Å². The van der Waals surface area contributed by atoms with Crippen LogP contribution in [-0.4, -0.2) is 42.4 Å². The molecule has 130 valence electrons. The lowest BCUT2D eigenvalue weighted by Crippen LogP contribution is -2.04. The Labute approximate surface area is 146 Å². The summed E-state index contributed by atoms with van der Waals surface area (Å²) in [4.78, 5) is 13.6. The third-order valence-electron chi connectivity index (χ3n) is 3.75. The van der Waals surface area contributed by atoms with Crippen LogP contribution in [0.15, 0.2) is 30.5 Å². The number of benzene rings is 1. The minimum absolute atomic E-state index is 0.464. The molecule has 0 aliphatic rings. The highest BCUT2D eigenvalue weighted by Crippen LogP contribution is 2.31. The van der Waals surface area contributed by atoms with Crippen LogP contribution < -0.4 is 9.47 Å². The average Bonchev–Trinajstić information content (AvgIpc) is 2.60. The standard InChI is InChI=1S/C19H21N3O3/c1-12-7-14(8-13(2)21-12)19-20-11-16-17(22-19)9-15(10-18(16)24-4)25-6-5-23-3/h7-11H,5-6H2,1-4H3. The van der Waals surface area contributed by atoms with Crippen LogP contribution in [0.4, 0.5) is 0 Å². The van der Waals surface area contributed by atoms with Crippen LogP contribution in [0.3, 0.4) is 0 Å². The zero-order valence-corrected chi connectivity index (χ0v) is 14.9. The van der Waals surface area contributed by atoms with E-state index in [1.54, 1.807) is 20.4 Å². The Morgan fingerprint density at radius 3 is 2.36 bits per heavy atom. The SMILES string of the molecule is COCCOc1cc(OC)c2cnc(-c3cc(C)nc(C)c3)nc2c1. The highest BCUT2D eigenvalue weighted by molar-refractivity contribution is 5.87. The Bertz CT molecular complexity index is 876. The zero-order valence-electron chi connectivity index (χ0n) is 14.9.